The van der Waals surface area contributed by atoms with Crippen molar-refractivity contribution in [3.63, 3.8) is 0 Å². The first-order valence-electron chi connectivity index (χ1n) is 8.25. The summed E-state index contributed by atoms with van der Waals surface area (Å²) in [4.78, 5) is 19.4. The van der Waals surface area contributed by atoms with Gasteiger partial charge in [-0.25, -0.2) is 4.98 Å². The van der Waals surface area contributed by atoms with Crippen molar-refractivity contribution in [2.24, 2.45) is 0 Å². The number of aryl methyl sites for hydroxylation is 1. The molecule has 24 heavy (non-hydrogen) atoms. The van der Waals surface area contributed by atoms with E-state index in [-0.39, 0.29) is 11.9 Å². The molecule has 0 saturated heterocycles. The Morgan fingerprint density at radius 2 is 2.08 bits per heavy atom. The van der Waals surface area contributed by atoms with E-state index < -0.39 is 0 Å². The van der Waals surface area contributed by atoms with Crippen LogP contribution in [0.1, 0.15) is 37.8 Å². The van der Waals surface area contributed by atoms with E-state index in [1.807, 2.05) is 31.2 Å². The van der Waals surface area contributed by atoms with Crippen molar-refractivity contribution >= 4 is 16.9 Å². The summed E-state index contributed by atoms with van der Waals surface area (Å²) in [6.45, 7) is 4.52. The number of carbonyl (C=O) groups is 1. The topological polar surface area (TPSA) is 64.2 Å². The summed E-state index contributed by atoms with van der Waals surface area (Å²) in [6.07, 6.45) is 3.00. The second kappa shape index (κ2) is 6.86. The molecule has 0 spiro atoms. The van der Waals surface area contributed by atoms with Crippen LogP contribution in [-0.4, -0.2) is 32.6 Å². The molecule has 0 N–H and O–H groups in total. The van der Waals surface area contributed by atoms with Gasteiger partial charge in [0.2, 0.25) is 5.91 Å². The average molecular weight is 326 g/mol. The molecule has 0 bridgehead atoms. The summed E-state index contributed by atoms with van der Waals surface area (Å²) >= 11 is 0. The highest BCUT2D eigenvalue weighted by Gasteiger charge is 2.26. The maximum absolute atomic E-state index is 13.0. The Morgan fingerprint density at radius 3 is 2.75 bits per heavy atom. The molecule has 1 aromatic carbocycles. The van der Waals surface area contributed by atoms with Crippen molar-refractivity contribution in [2.45, 2.75) is 39.3 Å². The second-order valence-electron chi connectivity index (χ2n) is 5.85. The lowest BCUT2D eigenvalue weighted by molar-refractivity contribution is -0.134. The van der Waals surface area contributed by atoms with Crippen LogP contribution in [0.2, 0.25) is 0 Å². The number of aromatic nitrogens is 3. The number of carbonyl (C=O) groups excluding carboxylic acids is 1. The Hall–Kier alpha value is -2.63. The summed E-state index contributed by atoms with van der Waals surface area (Å²) < 4.78 is 6.93. The number of hydrogen-bond donors (Lipinski definition) is 0. The van der Waals surface area contributed by atoms with Gasteiger partial charge in [-0.05, 0) is 18.6 Å². The van der Waals surface area contributed by atoms with E-state index >= 15 is 0 Å². The number of rotatable bonds is 6. The summed E-state index contributed by atoms with van der Waals surface area (Å²) in [6, 6.07) is 9.46. The molecule has 6 nitrogen and oxygen atoms in total. The van der Waals surface area contributed by atoms with Crippen LogP contribution in [0.5, 0.6) is 0 Å². The van der Waals surface area contributed by atoms with Crippen LogP contribution in [0.15, 0.2) is 41.1 Å². The van der Waals surface area contributed by atoms with Crippen molar-refractivity contribution in [1.29, 1.82) is 0 Å². The van der Waals surface area contributed by atoms with Gasteiger partial charge in [0.1, 0.15) is 23.8 Å². The van der Waals surface area contributed by atoms with E-state index in [4.69, 9.17) is 4.52 Å². The lowest BCUT2D eigenvalue weighted by atomic mass is 10.1. The van der Waals surface area contributed by atoms with Gasteiger partial charge in [-0.1, -0.05) is 31.1 Å². The quantitative estimate of drug-likeness (QED) is 0.698. The number of benzene rings is 1. The molecule has 2 aromatic heterocycles. The fourth-order valence-electron chi connectivity index (χ4n) is 3.05. The van der Waals surface area contributed by atoms with Gasteiger partial charge in [-0.3, -0.25) is 4.79 Å². The molecule has 0 aliphatic rings. The molecule has 0 aliphatic carbocycles. The smallest absolute Gasteiger partial charge is 0.245 e. The number of amides is 1. The number of nitrogens with zero attached hydrogens (tertiary/aromatic N) is 4. The molecular weight excluding hydrogens is 304 g/mol. The molecule has 0 radical (unpaired) electrons. The molecule has 0 saturated carbocycles. The van der Waals surface area contributed by atoms with Crippen molar-refractivity contribution in [2.75, 3.05) is 7.05 Å². The van der Waals surface area contributed by atoms with Gasteiger partial charge in [-0.2, -0.15) is 0 Å². The monoisotopic (exact) mass is 326 g/mol. The molecule has 3 aromatic rings. The molecule has 6 heteroatoms. The van der Waals surface area contributed by atoms with Crippen molar-refractivity contribution < 1.29 is 9.32 Å². The first kappa shape index (κ1) is 16.2. The predicted molar refractivity (Wildman–Crippen MR) is 91.4 cm³/mol. The summed E-state index contributed by atoms with van der Waals surface area (Å²) in [5.41, 5.74) is 2.68. The highest BCUT2D eigenvalue weighted by molar-refractivity contribution is 5.84. The normalized spacial score (nSPS) is 12.5. The first-order valence-corrected chi connectivity index (χ1v) is 8.25. The van der Waals surface area contributed by atoms with Crippen LogP contribution in [-0.2, 0) is 17.8 Å². The average Bonchev–Trinajstić information content (AvgIpc) is 3.23. The number of hydrogen-bond acceptors (Lipinski definition) is 4. The van der Waals surface area contributed by atoms with Gasteiger partial charge in [0.05, 0.1) is 17.6 Å². The van der Waals surface area contributed by atoms with Crippen molar-refractivity contribution in [3.05, 3.63) is 48.1 Å². The molecule has 0 unspecified atom stereocenters. The molecule has 126 valence electrons. The van der Waals surface area contributed by atoms with Gasteiger partial charge in [0.15, 0.2) is 0 Å². The lowest BCUT2D eigenvalue weighted by Gasteiger charge is -2.25. The minimum atomic E-state index is -0.274. The van der Waals surface area contributed by atoms with Crippen LogP contribution < -0.4 is 0 Å². The maximum Gasteiger partial charge on any atom is 0.245 e. The van der Waals surface area contributed by atoms with Gasteiger partial charge in [-0.15, -0.1) is 0 Å². The number of fused-ring (bicyclic) bond motifs is 1. The van der Waals surface area contributed by atoms with E-state index in [9.17, 15) is 4.79 Å². The van der Waals surface area contributed by atoms with Gasteiger partial charge < -0.3 is 14.0 Å². The summed E-state index contributed by atoms with van der Waals surface area (Å²) in [7, 11) is 1.80. The van der Waals surface area contributed by atoms with E-state index in [0.717, 1.165) is 29.0 Å². The van der Waals surface area contributed by atoms with E-state index in [0.29, 0.717) is 13.0 Å². The molecule has 0 fully saturated rings. The Labute approximate surface area is 141 Å². The van der Waals surface area contributed by atoms with Gasteiger partial charge >= 0.3 is 0 Å². The number of para-hydroxylation sites is 2. The SMILES string of the molecule is CCc1nc2ccccc2n1[C@H](CC)C(=O)N(C)Cc1ccon1. The van der Waals surface area contributed by atoms with Gasteiger partial charge in [0, 0.05) is 19.5 Å². The van der Waals surface area contributed by atoms with E-state index in [1.165, 1.54) is 6.26 Å². The highest BCUT2D eigenvalue weighted by Crippen LogP contribution is 2.25. The largest absolute Gasteiger partial charge is 0.364 e. The molecule has 1 atom stereocenters. The third-order valence-corrected chi connectivity index (χ3v) is 4.24. The fraction of sp³-hybridized carbons (Fsp3) is 0.389. The molecule has 2 heterocycles. The van der Waals surface area contributed by atoms with Crippen molar-refractivity contribution in [3.8, 4) is 0 Å². The predicted octanol–water partition coefficient (Wildman–Crippen LogP) is 3.20. The Balaban J connectivity index is 1.94. The van der Waals surface area contributed by atoms with Gasteiger partial charge in [0.25, 0.3) is 0 Å². The zero-order valence-electron chi connectivity index (χ0n) is 14.3. The zero-order chi connectivity index (χ0) is 17.1. The van der Waals surface area contributed by atoms with E-state index in [2.05, 4.69) is 21.6 Å². The van der Waals surface area contributed by atoms with Crippen LogP contribution in [0.25, 0.3) is 11.0 Å². The first-order chi connectivity index (χ1) is 11.7. The summed E-state index contributed by atoms with van der Waals surface area (Å²) in [5, 5.41) is 3.88. The van der Waals surface area contributed by atoms with Crippen molar-refractivity contribution in [1.82, 2.24) is 19.6 Å². The Bertz CT molecular complexity index is 823. The van der Waals surface area contributed by atoms with Crippen LogP contribution in [0, 0.1) is 0 Å². The maximum atomic E-state index is 13.0. The molecule has 3 rings (SSSR count). The second-order valence-corrected chi connectivity index (χ2v) is 5.85. The minimum Gasteiger partial charge on any atom is -0.364 e. The Kier molecular flexibility index (Phi) is 4.64. The summed E-state index contributed by atoms with van der Waals surface area (Å²) in [5.74, 6) is 0.990. The van der Waals surface area contributed by atoms with Crippen LogP contribution in [0.3, 0.4) is 0 Å². The fourth-order valence-corrected chi connectivity index (χ4v) is 3.05. The standard InChI is InChI=1S/C18H22N4O2/c1-4-15(18(23)21(3)12-13-10-11-24-20-13)22-16-9-7-6-8-14(16)19-17(22)5-2/h6-11,15H,4-5,12H2,1-3H3/t15-/m1/s1. The van der Waals surface area contributed by atoms with Crippen LogP contribution >= 0.6 is 0 Å². The molecular formula is C18H22N4O2. The third kappa shape index (κ3) is 2.91. The minimum absolute atomic E-state index is 0.0540. The number of likely N-dealkylation sites (N-methyl/N-ethyl adjacent to an activating group) is 1. The Morgan fingerprint density at radius 1 is 1.29 bits per heavy atom. The van der Waals surface area contributed by atoms with Crippen LogP contribution in [0.4, 0.5) is 0 Å². The third-order valence-electron chi connectivity index (χ3n) is 4.24. The number of imidazole rings is 1. The zero-order valence-corrected chi connectivity index (χ0v) is 14.3. The lowest BCUT2D eigenvalue weighted by Crippen LogP contribution is -2.34. The molecule has 1 amide bonds. The highest BCUT2D eigenvalue weighted by atomic mass is 16.5. The molecule has 0 aliphatic heterocycles. The van der Waals surface area contributed by atoms with E-state index in [1.54, 1.807) is 18.0 Å².